The lowest BCUT2D eigenvalue weighted by Crippen LogP contribution is -2.27. The van der Waals surface area contributed by atoms with Gasteiger partial charge in [0.1, 0.15) is 0 Å². The molecule has 2 unspecified atom stereocenters. The average molecular weight is 364 g/mol. The van der Waals surface area contributed by atoms with Gasteiger partial charge < -0.3 is 10.6 Å². The van der Waals surface area contributed by atoms with E-state index in [0.717, 1.165) is 35.2 Å². The first-order valence-corrected chi connectivity index (χ1v) is 9.78. The monoisotopic (exact) mass is 364 g/mol. The first-order chi connectivity index (χ1) is 13.0. The zero-order chi connectivity index (χ0) is 19.4. The van der Waals surface area contributed by atoms with Crippen molar-refractivity contribution in [3.8, 4) is 0 Å². The lowest BCUT2D eigenvalue weighted by atomic mass is 10.0. The third kappa shape index (κ3) is 4.57. The van der Waals surface area contributed by atoms with Crippen molar-refractivity contribution in [2.24, 2.45) is 11.8 Å². The Balaban J connectivity index is 1.56. The van der Waals surface area contributed by atoms with Crippen molar-refractivity contribution in [1.82, 2.24) is 5.32 Å². The molecule has 3 rings (SSSR count). The van der Waals surface area contributed by atoms with Gasteiger partial charge in [0.2, 0.25) is 11.8 Å². The summed E-state index contributed by atoms with van der Waals surface area (Å²) in [5.74, 6) is -0.511. The molecule has 0 aliphatic heterocycles. The lowest BCUT2D eigenvalue weighted by Gasteiger charge is -2.14. The summed E-state index contributed by atoms with van der Waals surface area (Å²) in [5.41, 5.74) is 5.48. The van der Waals surface area contributed by atoms with Gasteiger partial charge in [0.05, 0.1) is 11.8 Å². The number of amides is 2. The lowest BCUT2D eigenvalue weighted by molar-refractivity contribution is -0.125. The molecular formula is C23H28N2O2. The minimum Gasteiger partial charge on any atom is -0.352 e. The van der Waals surface area contributed by atoms with Crippen molar-refractivity contribution in [1.29, 1.82) is 0 Å². The Morgan fingerprint density at radius 3 is 2.11 bits per heavy atom. The van der Waals surface area contributed by atoms with Crippen LogP contribution in [0.1, 0.15) is 42.5 Å². The van der Waals surface area contributed by atoms with E-state index in [0.29, 0.717) is 13.0 Å². The average Bonchev–Trinajstić information content (AvgIpc) is 3.48. The summed E-state index contributed by atoms with van der Waals surface area (Å²) < 4.78 is 0. The summed E-state index contributed by atoms with van der Waals surface area (Å²) in [5, 5.41) is 6.04. The molecule has 0 radical (unpaired) electrons. The molecule has 1 aliphatic rings. The second-order valence-corrected chi connectivity index (χ2v) is 7.30. The Bertz CT molecular complexity index is 805. The molecule has 0 aromatic heterocycles. The molecule has 4 heteroatoms. The zero-order valence-electron chi connectivity index (χ0n) is 16.3. The predicted molar refractivity (Wildman–Crippen MR) is 108 cm³/mol. The van der Waals surface area contributed by atoms with Crippen molar-refractivity contribution in [2.45, 2.75) is 46.6 Å². The Morgan fingerprint density at radius 1 is 0.926 bits per heavy atom. The quantitative estimate of drug-likeness (QED) is 0.780. The van der Waals surface area contributed by atoms with Gasteiger partial charge in [-0.2, -0.15) is 0 Å². The van der Waals surface area contributed by atoms with Crippen molar-refractivity contribution in [2.75, 3.05) is 5.32 Å². The van der Waals surface area contributed by atoms with Gasteiger partial charge in [0, 0.05) is 12.2 Å². The maximum absolute atomic E-state index is 12.6. The molecule has 0 spiro atoms. The highest BCUT2D eigenvalue weighted by molar-refractivity contribution is 6.00. The van der Waals surface area contributed by atoms with Crippen LogP contribution in [-0.2, 0) is 29.0 Å². The van der Waals surface area contributed by atoms with Crippen LogP contribution in [0.4, 0.5) is 5.69 Å². The highest BCUT2D eigenvalue weighted by Gasteiger charge is 2.48. The molecule has 27 heavy (non-hydrogen) atoms. The summed E-state index contributed by atoms with van der Waals surface area (Å²) in [6, 6.07) is 14.2. The molecule has 0 saturated heterocycles. The standard InChI is InChI=1S/C23H28N2O2/c1-4-17-7-6-8-18(5-2)21(17)25-23(27)20-13-19(20)22(26)24-14-16-11-9-15(3)10-12-16/h6-12,19-20H,4-5,13-14H2,1-3H3,(H,24,26)(H,25,27). The van der Waals surface area contributed by atoms with Gasteiger partial charge in [0.25, 0.3) is 0 Å². The number of para-hydroxylation sites is 1. The molecule has 2 N–H and O–H groups in total. The van der Waals surface area contributed by atoms with E-state index < -0.39 is 0 Å². The largest absolute Gasteiger partial charge is 0.352 e. The van der Waals surface area contributed by atoms with Crippen LogP contribution in [0.15, 0.2) is 42.5 Å². The van der Waals surface area contributed by atoms with Crippen LogP contribution < -0.4 is 10.6 Å². The summed E-state index contributed by atoms with van der Waals surface area (Å²) >= 11 is 0. The molecule has 142 valence electrons. The number of carbonyl (C=O) groups excluding carboxylic acids is 2. The molecule has 4 nitrogen and oxygen atoms in total. The molecule has 1 aliphatic carbocycles. The molecule has 2 aromatic rings. The van der Waals surface area contributed by atoms with E-state index in [4.69, 9.17) is 0 Å². The van der Waals surface area contributed by atoms with E-state index in [-0.39, 0.29) is 23.7 Å². The minimum atomic E-state index is -0.224. The zero-order valence-corrected chi connectivity index (χ0v) is 16.3. The van der Waals surface area contributed by atoms with Crippen LogP contribution in [0.2, 0.25) is 0 Å². The molecule has 2 amide bonds. The number of hydrogen-bond acceptors (Lipinski definition) is 2. The number of aryl methyl sites for hydroxylation is 3. The molecule has 1 saturated carbocycles. The van der Waals surface area contributed by atoms with Gasteiger partial charge in [-0.05, 0) is 42.9 Å². The van der Waals surface area contributed by atoms with E-state index in [1.54, 1.807) is 0 Å². The van der Waals surface area contributed by atoms with E-state index in [9.17, 15) is 9.59 Å². The molecular weight excluding hydrogens is 336 g/mol. The van der Waals surface area contributed by atoms with Crippen LogP contribution in [0.5, 0.6) is 0 Å². The van der Waals surface area contributed by atoms with Crippen molar-refractivity contribution < 1.29 is 9.59 Å². The number of benzene rings is 2. The normalized spacial score (nSPS) is 18.0. The maximum Gasteiger partial charge on any atom is 0.228 e. The Kier molecular flexibility index (Phi) is 5.94. The topological polar surface area (TPSA) is 58.2 Å². The molecule has 2 atom stereocenters. The maximum atomic E-state index is 12.6. The fourth-order valence-electron chi connectivity index (χ4n) is 3.42. The first-order valence-electron chi connectivity index (χ1n) is 9.78. The highest BCUT2D eigenvalue weighted by Crippen LogP contribution is 2.40. The van der Waals surface area contributed by atoms with Gasteiger partial charge in [-0.1, -0.05) is 61.9 Å². The third-order valence-corrected chi connectivity index (χ3v) is 5.30. The number of nitrogens with one attached hydrogen (secondary N) is 2. The highest BCUT2D eigenvalue weighted by atomic mass is 16.2. The summed E-state index contributed by atoms with van der Waals surface area (Å²) in [4.78, 5) is 25.0. The number of rotatable bonds is 7. The smallest absolute Gasteiger partial charge is 0.228 e. The van der Waals surface area contributed by atoms with Crippen LogP contribution >= 0.6 is 0 Å². The fraction of sp³-hybridized carbons (Fsp3) is 0.391. The SMILES string of the molecule is CCc1cccc(CC)c1NC(=O)C1CC1C(=O)NCc1ccc(C)cc1. The van der Waals surface area contributed by atoms with Gasteiger partial charge >= 0.3 is 0 Å². The Morgan fingerprint density at radius 2 is 1.52 bits per heavy atom. The molecule has 2 aromatic carbocycles. The Labute approximate surface area is 161 Å². The van der Waals surface area contributed by atoms with Crippen LogP contribution in [-0.4, -0.2) is 11.8 Å². The summed E-state index contributed by atoms with van der Waals surface area (Å²) in [6.45, 7) is 6.71. The van der Waals surface area contributed by atoms with Crippen LogP contribution in [0, 0.1) is 18.8 Å². The van der Waals surface area contributed by atoms with Crippen molar-refractivity contribution >= 4 is 17.5 Å². The van der Waals surface area contributed by atoms with Gasteiger partial charge in [-0.3, -0.25) is 9.59 Å². The second-order valence-electron chi connectivity index (χ2n) is 7.30. The Hall–Kier alpha value is -2.62. The van der Waals surface area contributed by atoms with Gasteiger partial charge in [0.15, 0.2) is 0 Å². The van der Waals surface area contributed by atoms with Crippen molar-refractivity contribution in [3.05, 3.63) is 64.7 Å². The number of hydrogen-bond donors (Lipinski definition) is 2. The van der Waals surface area contributed by atoms with E-state index in [1.165, 1.54) is 5.56 Å². The second kappa shape index (κ2) is 8.38. The summed E-state index contributed by atoms with van der Waals surface area (Å²) in [7, 11) is 0. The van der Waals surface area contributed by atoms with Crippen molar-refractivity contribution in [3.63, 3.8) is 0 Å². The van der Waals surface area contributed by atoms with Crippen LogP contribution in [0.25, 0.3) is 0 Å². The van der Waals surface area contributed by atoms with E-state index >= 15 is 0 Å². The molecule has 0 heterocycles. The van der Waals surface area contributed by atoms with Gasteiger partial charge in [-0.25, -0.2) is 0 Å². The van der Waals surface area contributed by atoms with E-state index in [2.05, 4.69) is 24.5 Å². The van der Waals surface area contributed by atoms with Gasteiger partial charge in [-0.15, -0.1) is 0 Å². The number of carbonyl (C=O) groups is 2. The van der Waals surface area contributed by atoms with E-state index in [1.807, 2.05) is 49.4 Å². The predicted octanol–water partition coefficient (Wildman–Crippen LogP) is 4.01. The van der Waals surface area contributed by atoms with Crippen LogP contribution in [0.3, 0.4) is 0 Å². The molecule has 1 fully saturated rings. The minimum absolute atomic E-state index is 0.0322. The fourth-order valence-corrected chi connectivity index (χ4v) is 3.42. The molecule has 0 bridgehead atoms. The third-order valence-electron chi connectivity index (χ3n) is 5.30. The number of anilines is 1. The first kappa shape index (κ1) is 19.2. The summed E-state index contributed by atoms with van der Waals surface area (Å²) in [6.07, 6.45) is 2.37.